The van der Waals surface area contributed by atoms with E-state index < -0.39 is 5.97 Å². The molecule has 1 heterocycles. The highest BCUT2D eigenvalue weighted by Crippen LogP contribution is 2.31. The molecule has 0 spiro atoms. The number of carboxylic acids is 1. The molecule has 0 saturated carbocycles. The molecule has 0 bridgehead atoms. The molecule has 1 saturated heterocycles. The maximum Gasteiger partial charge on any atom is 0.317 e. The van der Waals surface area contributed by atoms with Crippen LogP contribution in [0.15, 0.2) is 24.3 Å². The van der Waals surface area contributed by atoms with Crippen molar-refractivity contribution >= 4 is 11.7 Å². The molecule has 1 aromatic carbocycles. The lowest BCUT2D eigenvalue weighted by atomic mass is 9.98. The Bertz CT molecular complexity index is 570. The maximum atomic E-state index is 11.2. The Balaban J connectivity index is 2.00. The largest absolute Gasteiger partial charge is 0.480 e. The number of nitrogens with zero attached hydrogens (tertiary/aromatic N) is 3. The summed E-state index contributed by atoms with van der Waals surface area (Å²) in [6.07, 6.45) is 1.74. The molecule has 1 unspecified atom stereocenters. The first-order valence-electron chi connectivity index (χ1n) is 7.79. The van der Waals surface area contributed by atoms with Crippen LogP contribution < -0.4 is 0 Å². The molecule has 1 fully saturated rings. The van der Waals surface area contributed by atoms with Crippen molar-refractivity contribution < 1.29 is 14.8 Å². The molecule has 126 valence electrons. The molecule has 2 rings (SSSR count). The molecular weight excluding hydrogens is 298 g/mol. The molecule has 23 heavy (non-hydrogen) atoms. The van der Waals surface area contributed by atoms with E-state index >= 15 is 0 Å². The van der Waals surface area contributed by atoms with Crippen LogP contribution >= 0.6 is 0 Å². The molecule has 1 aliphatic heterocycles. The number of benzene rings is 1. The smallest absolute Gasteiger partial charge is 0.317 e. The monoisotopic (exact) mass is 321 g/mol. The van der Waals surface area contributed by atoms with Crippen molar-refractivity contribution in [2.75, 3.05) is 26.7 Å². The van der Waals surface area contributed by atoms with Gasteiger partial charge in [-0.05, 0) is 26.8 Å². The van der Waals surface area contributed by atoms with Crippen molar-refractivity contribution in [3.8, 4) is 0 Å². The topological polar surface area (TPSA) is 86.9 Å². The lowest BCUT2D eigenvalue weighted by Gasteiger charge is -2.39. The van der Waals surface area contributed by atoms with Crippen LogP contribution in [0.25, 0.3) is 0 Å². The molecule has 0 amide bonds. The first-order chi connectivity index (χ1) is 10.9. The summed E-state index contributed by atoms with van der Waals surface area (Å²) in [5.41, 5.74) is 0.889. The molecular formula is C16H23N3O4. The molecule has 1 atom stereocenters. The molecule has 0 aliphatic carbocycles. The number of carboxylic acid groups (broad SMARTS) is 1. The number of likely N-dealkylation sites (tertiary alicyclic amines) is 1. The zero-order chi connectivity index (χ0) is 17.0. The van der Waals surface area contributed by atoms with E-state index in [2.05, 4.69) is 4.90 Å². The van der Waals surface area contributed by atoms with Crippen LogP contribution in [0, 0.1) is 10.1 Å². The highest BCUT2D eigenvalue weighted by atomic mass is 16.6. The lowest BCUT2D eigenvalue weighted by molar-refractivity contribution is -0.386. The fourth-order valence-electron chi connectivity index (χ4n) is 3.26. The van der Waals surface area contributed by atoms with Crippen LogP contribution in [-0.2, 0) is 4.79 Å². The number of piperidine rings is 1. The Morgan fingerprint density at radius 1 is 1.43 bits per heavy atom. The van der Waals surface area contributed by atoms with Gasteiger partial charge in [-0.25, -0.2) is 0 Å². The molecule has 0 radical (unpaired) electrons. The predicted molar refractivity (Wildman–Crippen MR) is 86.4 cm³/mol. The molecule has 7 heteroatoms. The van der Waals surface area contributed by atoms with E-state index in [-0.39, 0.29) is 29.2 Å². The van der Waals surface area contributed by atoms with E-state index in [0.29, 0.717) is 0 Å². The van der Waals surface area contributed by atoms with E-state index in [1.54, 1.807) is 12.1 Å². The van der Waals surface area contributed by atoms with Gasteiger partial charge < -0.3 is 5.11 Å². The fraction of sp³-hybridized carbons (Fsp3) is 0.562. The third-order valence-electron chi connectivity index (χ3n) is 4.64. The third kappa shape index (κ3) is 4.27. The Morgan fingerprint density at radius 3 is 2.61 bits per heavy atom. The van der Waals surface area contributed by atoms with Gasteiger partial charge in [0.1, 0.15) is 0 Å². The third-order valence-corrected chi connectivity index (χ3v) is 4.64. The van der Waals surface area contributed by atoms with Gasteiger partial charge >= 0.3 is 5.97 Å². The number of nitro groups is 1. The van der Waals surface area contributed by atoms with Gasteiger partial charge in [-0.1, -0.05) is 18.2 Å². The summed E-state index contributed by atoms with van der Waals surface area (Å²) >= 11 is 0. The van der Waals surface area contributed by atoms with Crippen molar-refractivity contribution in [2.45, 2.75) is 31.8 Å². The fourth-order valence-corrected chi connectivity index (χ4v) is 3.26. The predicted octanol–water partition coefficient (Wildman–Crippen LogP) is 2.14. The SMILES string of the molecule is CC(c1ccccc1[N+](=O)[O-])N1CCC(N(C)CC(=O)O)CC1. The lowest BCUT2D eigenvalue weighted by Crippen LogP contribution is -2.45. The summed E-state index contributed by atoms with van der Waals surface area (Å²) in [5, 5.41) is 20.0. The van der Waals surface area contributed by atoms with Crippen LogP contribution in [0.3, 0.4) is 0 Å². The summed E-state index contributed by atoms with van der Waals surface area (Å²) < 4.78 is 0. The van der Waals surface area contributed by atoms with Gasteiger partial charge in [0, 0.05) is 36.8 Å². The van der Waals surface area contributed by atoms with E-state index in [1.807, 2.05) is 31.0 Å². The van der Waals surface area contributed by atoms with Crippen molar-refractivity contribution in [1.29, 1.82) is 0 Å². The van der Waals surface area contributed by atoms with Crippen LogP contribution in [0.4, 0.5) is 5.69 Å². The summed E-state index contributed by atoms with van der Waals surface area (Å²) in [7, 11) is 1.83. The van der Waals surface area contributed by atoms with E-state index in [9.17, 15) is 14.9 Å². The number of nitro benzene ring substituents is 1. The van der Waals surface area contributed by atoms with E-state index in [1.165, 1.54) is 0 Å². The number of rotatable bonds is 6. The van der Waals surface area contributed by atoms with Crippen molar-refractivity contribution in [3.63, 3.8) is 0 Å². The second-order valence-corrected chi connectivity index (χ2v) is 6.07. The van der Waals surface area contributed by atoms with Gasteiger partial charge in [-0.15, -0.1) is 0 Å². The zero-order valence-electron chi connectivity index (χ0n) is 13.5. The highest BCUT2D eigenvalue weighted by molar-refractivity contribution is 5.69. The summed E-state index contributed by atoms with van der Waals surface area (Å²) in [5.74, 6) is -0.816. The molecule has 1 aromatic rings. The molecule has 1 aliphatic rings. The van der Waals surface area contributed by atoms with Crippen LogP contribution in [0.2, 0.25) is 0 Å². The van der Waals surface area contributed by atoms with Crippen molar-refractivity contribution in [2.24, 2.45) is 0 Å². The first-order valence-corrected chi connectivity index (χ1v) is 7.79. The highest BCUT2D eigenvalue weighted by Gasteiger charge is 2.29. The van der Waals surface area contributed by atoms with Gasteiger partial charge in [-0.2, -0.15) is 0 Å². The number of hydrogen-bond donors (Lipinski definition) is 1. The molecule has 0 aromatic heterocycles. The first kappa shape index (κ1) is 17.4. The Kier molecular flexibility index (Phi) is 5.68. The maximum absolute atomic E-state index is 11.2. The summed E-state index contributed by atoms with van der Waals surface area (Å²) in [6, 6.07) is 7.08. The second kappa shape index (κ2) is 7.52. The minimum absolute atomic E-state index is 0.0256. The van der Waals surface area contributed by atoms with Crippen LogP contribution in [-0.4, -0.2) is 58.5 Å². The zero-order valence-corrected chi connectivity index (χ0v) is 13.5. The minimum Gasteiger partial charge on any atom is -0.480 e. The Labute approximate surface area is 135 Å². The normalized spacial score (nSPS) is 18.0. The number of likely N-dealkylation sites (N-methyl/N-ethyl adjacent to an activating group) is 1. The van der Waals surface area contributed by atoms with Crippen LogP contribution in [0.5, 0.6) is 0 Å². The van der Waals surface area contributed by atoms with Gasteiger partial charge in [0.15, 0.2) is 0 Å². The summed E-state index contributed by atoms with van der Waals surface area (Å²) in [6.45, 7) is 3.65. The van der Waals surface area contributed by atoms with E-state index in [4.69, 9.17) is 5.11 Å². The Morgan fingerprint density at radius 2 is 2.04 bits per heavy atom. The van der Waals surface area contributed by atoms with Crippen molar-refractivity contribution in [3.05, 3.63) is 39.9 Å². The number of para-hydroxylation sites is 1. The minimum atomic E-state index is -0.816. The second-order valence-electron chi connectivity index (χ2n) is 6.07. The average molecular weight is 321 g/mol. The van der Waals surface area contributed by atoms with Gasteiger partial charge in [0.2, 0.25) is 0 Å². The molecule has 7 nitrogen and oxygen atoms in total. The molecule has 1 N–H and O–H groups in total. The van der Waals surface area contributed by atoms with Gasteiger partial charge in [0.05, 0.1) is 11.5 Å². The van der Waals surface area contributed by atoms with Gasteiger partial charge in [0.25, 0.3) is 5.69 Å². The standard InChI is InChI=1S/C16H23N3O4/c1-12(14-5-3-4-6-15(14)19(22)23)18-9-7-13(8-10-18)17(2)11-16(20)21/h3-6,12-13H,7-11H2,1-2H3,(H,20,21). The van der Waals surface area contributed by atoms with Gasteiger partial charge in [-0.3, -0.25) is 24.7 Å². The Hall–Kier alpha value is -1.99. The quantitative estimate of drug-likeness (QED) is 0.638. The van der Waals surface area contributed by atoms with Crippen molar-refractivity contribution in [1.82, 2.24) is 9.80 Å². The summed E-state index contributed by atoms with van der Waals surface area (Å²) in [4.78, 5) is 25.7. The van der Waals surface area contributed by atoms with Crippen LogP contribution in [0.1, 0.15) is 31.4 Å². The number of carbonyl (C=O) groups is 1. The average Bonchev–Trinajstić information content (AvgIpc) is 2.53. The number of aliphatic carboxylic acids is 1. The van der Waals surface area contributed by atoms with E-state index in [0.717, 1.165) is 31.5 Å². The number of hydrogen-bond acceptors (Lipinski definition) is 5.